The lowest BCUT2D eigenvalue weighted by atomic mass is 10.2. The van der Waals surface area contributed by atoms with Crippen molar-refractivity contribution in [1.82, 2.24) is 0 Å². The number of hydrogen-bond acceptors (Lipinski definition) is 5. The van der Waals surface area contributed by atoms with Crippen LogP contribution < -0.4 is 5.32 Å². The largest absolute Gasteiger partial charge is 0.457 e. The van der Waals surface area contributed by atoms with E-state index >= 15 is 0 Å². The first-order valence-electron chi connectivity index (χ1n) is 8.10. The van der Waals surface area contributed by atoms with Gasteiger partial charge in [-0.25, -0.2) is 0 Å². The number of furan rings is 1. The molecule has 0 bridgehead atoms. The minimum atomic E-state index is -0.746. The predicted molar refractivity (Wildman–Crippen MR) is 109 cm³/mol. The van der Waals surface area contributed by atoms with Crippen LogP contribution in [0.5, 0.6) is 0 Å². The number of nitro benzene ring substituents is 1. The molecule has 0 saturated carbocycles. The van der Waals surface area contributed by atoms with Gasteiger partial charge in [-0.2, -0.15) is 5.26 Å². The molecule has 0 fully saturated rings. The number of carbonyl (C=O) groups excluding carboxylic acids is 1. The van der Waals surface area contributed by atoms with Crippen molar-refractivity contribution >= 4 is 46.6 Å². The molecule has 0 atom stereocenters. The van der Waals surface area contributed by atoms with E-state index in [1.165, 1.54) is 18.2 Å². The van der Waals surface area contributed by atoms with E-state index in [1.54, 1.807) is 36.4 Å². The molecule has 9 heteroatoms. The van der Waals surface area contributed by atoms with Gasteiger partial charge in [0.15, 0.2) is 0 Å². The van der Waals surface area contributed by atoms with Gasteiger partial charge in [0.1, 0.15) is 28.2 Å². The average molecular weight is 428 g/mol. The molecular formula is C20H11Cl2N3O4. The highest BCUT2D eigenvalue weighted by atomic mass is 35.5. The monoisotopic (exact) mass is 427 g/mol. The van der Waals surface area contributed by atoms with Gasteiger partial charge >= 0.3 is 0 Å². The smallest absolute Gasteiger partial charge is 0.289 e. The summed E-state index contributed by atoms with van der Waals surface area (Å²) in [6, 6.07) is 15.9. The molecule has 0 spiro atoms. The molecule has 3 aromatic rings. The SMILES string of the molecule is N#C/C(=C\c1ccc(-c2cccc(Cl)c2)o1)C(=O)Nc1ccc(Cl)c([N+](=O)[O-])c1. The highest BCUT2D eigenvalue weighted by Gasteiger charge is 2.16. The van der Waals surface area contributed by atoms with Crippen molar-refractivity contribution in [2.24, 2.45) is 0 Å². The molecular weight excluding hydrogens is 417 g/mol. The second kappa shape index (κ2) is 8.61. The first kappa shape index (κ1) is 20.1. The Bertz CT molecular complexity index is 1180. The van der Waals surface area contributed by atoms with Gasteiger partial charge in [-0.05, 0) is 36.4 Å². The zero-order valence-corrected chi connectivity index (χ0v) is 16.1. The van der Waals surface area contributed by atoms with E-state index in [9.17, 15) is 20.2 Å². The van der Waals surface area contributed by atoms with Crippen molar-refractivity contribution in [3.05, 3.63) is 86.1 Å². The van der Waals surface area contributed by atoms with E-state index in [2.05, 4.69) is 5.32 Å². The molecule has 7 nitrogen and oxygen atoms in total. The van der Waals surface area contributed by atoms with Crippen LogP contribution in [0, 0.1) is 21.4 Å². The van der Waals surface area contributed by atoms with Crippen LogP contribution in [0.2, 0.25) is 10.0 Å². The maximum atomic E-state index is 12.4. The fourth-order valence-corrected chi connectivity index (χ4v) is 2.82. The summed E-state index contributed by atoms with van der Waals surface area (Å²) >= 11 is 11.7. The summed E-state index contributed by atoms with van der Waals surface area (Å²) in [6.07, 6.45) is 1.27. The van der Waals surface area contributed by atoms with E-state index in [-0.39, 0.29) is 27.7 Å². The number of amides is 1. The highest BCUT2D eigenvalue weighted by Crippen LogP contribution is 2.28. The van der Waals surface area contributed by atoms with Gasteiger partial charge in [0, 0.05) is 28.4 Å². The number of nitro groups is 1. The summed E-state index contributed by atoms with van der Waals surface area (Å²) in [7, 11) is 0. The third kappa shape index (κ3) is 4.82. The lowest BCUT2D eigenvalue weighted by Gasteiger charge is -2.04. The molecule has 0 aliphatic rings. The molecule has 1 amide bonds. The fraction of sp³-hybridized carbons (Fsp3) is 0. The van der Waals surface area contributed by atoms with Crippen LogP contribution in [0.15, 0.2) is 64.6 Å². The van der Waals surface area contributed by atoms with Gasteiger partial charge in [-0.3, -0.25) is 14.9 Å². The van der Waals surface area contributed by atoms with Gasteiger partial charge < -0.3 is 9.73 Å². The molecule has 1 aromatic heterocycles. The van der Waals surface area contributed by atoms with Crippen LogP contribution in [0.3, 0.4) is 0 Å². The molecule has 0 saturated heterocycles. The Balaban J connectivity index is 1.82. The molecule has 144 valence electrons. The average Bonchev–Trinajstić information content (AvgIpc) is 3.16. The van der Waals surface area contributed by atoms with Crippen LogP contribution in [0.4, 0.5) is 11.4 Å². The Morgan fingerprint density at radius 3 is 2.66 bits per heavy atom. The van der Waals surface area contributed by atoms with Gasteiger partial charge in [0.2, 0.25) is 0 Å². The normalized spacial score (nSPS) is 11.0. The van der Waals surface area contributed by atoms with Gasteiger partial charge in [-0.1, -0.05) is 35.3 Å². The second-order valence-electron chi connectivity index (χ2n) is 5.76. The molecule has 1 heterocycles. The molecule has 0 aliphatic heterocycles. The molecule has 0 aliphatic carbocycles. The van der Waals surface area contributed by atoms with Crippen LogP contribution in [-0.2, 0) is 4.79 Å². The number of nitrogens with one attached hydrogen (secondary N) is 1. The Hall–Kier alpha value is -3.60. The van der Waals surface area contributed by atoms with E-state index in [0.717, 1.165) is 11.6 Å². The van der Waals surface area contributed by atoms with E-state index < -0.39 is 10.8 Å². The summed E-state index contributed by atoms with van der Waals surface area (Å²) in [5.74, 6) is 0.0587. The zero-order valence-electron chi connectivity index (χ0n) is 14.6. The Kier molecular flexibility index (Phi) is 5.98. The van der Waals surface area contributed by atoms with Gasteiger partial charge in [-0.15, -0.1) is 0 Å². The van der Waals surface area contributed by atoms with Crippen LogP contribution >= 0.6 is 23.2 Å². The molecule has 2 aromatic carbocycles. The number of halogens is 2. The quantitative estimate of drug-likeness (QED) is 0.242. The number of nitrogens with zero attached hydrogens (tertiary/aromatic N) is 2. The number of rotatable bonds is 5. The summed E-state index contributed by atoms with van der Waals surface area (Å²) in [5, 5.41) is 23.2. The van der Waals surface area contributed by atoms with E-state index in [0.29, 0.717) is 10.8 Å². The number of benzene rings is 2. The summed E-state index contributed by atoms with van der Waals surface area (Å²) in [6.45, 7) is 0. The van der Waals surface area contributed by atoms with Crippen LogP contribution in [-0.4, -0.2) is 10.8 Å². The Morgan fingerprint density at radius 1 is 1.17 bits per heavy atom. The van der Waals surface area contributed by atoms with Crippen molar-refractivity contribution < 1.29 is 14.1 Å². The van der Waals surface area contributed by atoms with Crippen molar-refractivity contribution in [2.45, 2.75) is 0 Å². The summed E-state index contributed by atoms with van der Waals surface area (Å²) in [4.78, 5) is 22.7. The third-order valence-corrected chi connectivity index (χ3v) is 4.34. The summed E-state index contributed by atoms with van der Waals surface area (Å²) < 4.78 is 5.65. The fourth-order valence-electron chi connectivity index (χ4n) is 2.45. The van der Waals surface area contributed by atoms with Crippen molar-refractivity contribution in [1.29, 1.82) is 5.26 Å². The second-order valence-corrected chi connectivity index (χ2v) is 6.60. The van der Waals surface area contributed by atoms with Crippen LogP contribution in [0.1, 0.15) is 5.76 Å². The molecule has 3 rings (SSSR count). The number of hydrogen-bond donors (Lipinski definition) is 1. The Labute approximate surface area is 174 Å². The number of anilines is 1. The molecule has 1 N–H and O–H groups in total. The first-order chi connectivity index (χ1) is 13.9. The maximum absolute atomic E-state index is 12.4. The van der Waals surface area contributed by atoms with Gasteiger partial charge in [0.25, 0.3) is 11.6 Å². The predicted octanol–water partition coefficient (Wildman–Crippen LogP) is 5.71. The minimum absolute atomic E-state index is 0.0619. The summed E-state index contributed by atoms with van der Waals surface area (Å²) in [5.41, 5.74) is 0.277. The van der Waals surface area contributed by atoms with Crippen molar-refractivity contribution in [3.63, 3.8) is 0 Å². The topological polar surface area (TPSA) is 109 Å². The van der Waals surface area contributed by atoms with E-state index in [4.69, 9.17) is 27.6 Å². The standard InChI is InChI=1S/C20H11Cl2N3O4/c21-14-3-1-2-12(8-14)19-7-5-16(29-19)9-13(11-23)20(26)24-15-4-6-17(22)18(10-15)25(27)28/h1-10H,(H,24,26)/b13-9+. The minimum Gasteiger partial charge on any atom is -0.457 e. The Morgan fingerprint density at radius 2 is 1.97 bits per heavy atom. The number of nitriles is 1. The lowest BCUT2D eigenvalue weighted by Crippen LogP contribution is -2.13. The maximum Gasteiger partial charge on any atom is 0.289 e. The van der Waals surface area contributed by atoms with E-state index in [1.807, 2.05) is 6.07 Å². The van der Waals surface area contributed by atoms with Crippen molar-refractivity contribution in [2.75, 3.05) is 5.32 Å². The van der Waals surface area contributed by atoms with Gasteiger partial charge in [0.05, 0.1) is 4.92 Å². The molecule has 0 unspecified atom stereocenters. The van der Waals surface area contributed by atoms with Crippen LogP contribution in [0.25, 0.3) is 17.4 Å². The highest BCUT2D eigenvalue weighted by molar-refractivity contribution is 6.32. The lowest BCUT2D eigenvalue weighted by molar-refractivity contribution is -0.384. The first-order valence-corrected chi connectivity index (χ1v) is 8.86. The van der Waals surface area contributed by atoms with Crippen molar-refractivity contribution in [3.8, 4) is 17.4 Å². The molecule has 0 radical (unpaired) electrons. The number of carbonyl (C=O) groups is 1. The zero-order chi connectivity index (χ0) is 21.0. The molecule has 29 heavy (non-hydrogen) atoms. The third-order valence-electron chi connectivity index (χ3n) is 3.79.